The van der Waals surface area contributed by atoms with Crippen molar-refractivity contribution in [3.05, 3.63) is 57.0 Å². The first kappa shape index (κ1) is 16.6. The Morgan fingerprint density at radius 3 is 2.82 bits per heavy atom. The maximum absolute atomic E-state index is 11.4. The van der Waals surface area contributed by atoms with Gasteiger partial charge in [0.25, 0.3) is 0 Å². The summed E-state index contributed by atoms with van der Waals surface area (Å²) < 4.78 is 6.79. The number of aryl methyl sites for hydroxylation is 1. The summed E-state index contributed by atoms with van der Waals surface area (Å²) in [5, 5.41) is 3.12. The monoisotopic (exact) mass is 383 g/mol. The summed E-state index contributed by atoms with van der Waals surface area (Å²) in [5.41, 5.74) is 4.23. The molecule has 22 heavy (non-hydrogen) atoms. The minimum Gasteiger partial charge on any atom is -0.488 e. The second-order valence-electron chi connectivity index (χ2n) is 4.56. The molecule has 116 valence electrons. The van der Waals surface area contributed by atoms with Crippen LogP contribution in [-0.4, -0.2) is 6.03 Å². The smallest absolute Gasteiger partial charge is 0.333 e. The molecule has 2 aromatic carbocycles. The Bertz CT molecular complexity index is 694. The molecule has 0 fully saturated rings. The van der Waals surface area contributed by atoms with E-state index in [1.165, 1.54) is 0 Å². The number of hydrogen-bond donors (Lipinski definition) is 3. The average Bonchev–Trinajstić information content (AvgIpc) is 2.48. The Balaban J connectivity index is 2.19. The third kappa shape index (κ3) is 4.13. The van der Waals surface area contributed by atoms with Crippen molar-refractivity contribution in [3.63, 3.8) is 0 Å². The van der Waals surface area contributed by atoms with Crippen LogP contribution in [0.4, 0.5) is 10.5 Å². The van der Waals surface area contributed by atoms with Crippen molar-refractivity contribution in [1.29, 1.82) is 0 Å². The predicted octanol–water partition coefficient (Wildman–Crippen LogP) is 3.99. The molecule has 0 aliphatic carbocycles. The number of nitrogens with two attached hydrogens (primary N) is 1. The van der Waals surface area contributed by atoms with Crippen LogP contribution in [0.3, 0.4) is 0 Å². The quantitative estimate of drug-likeness (QED) is 0.424. The molecule has 0 radical (unpaired) electrons. The first-order valence-corrected chi connectivity index (χ1v) is 7.62. The van der Waals surface area contributed by atoms with Crippen molar-refractivity contribution in [2.24, 2.45) is 5.84 Å². The van der Waals surface area contributed by atoms with E-state index in [-0.39, 0.29) is 6.61 Å². The van der Waals surface area contributed by atoms with Gasteiger partial charge >= 0.3 is 6.03 Å². The number of amides is 2. The van der Waals surface area contributed by atoms with Gasteiger partial charge in [-0.05, 0) is 42.8 Å². The van der Waals surface area contributed by atoms with E-state index in [2.05, 4.69) is 21.2 Å². The molecule has 0 aliphatic rings. The van der Waals surface area contributed by atoms with Gasteiger partial charge in [0.2, 0.25) is 0 Å². The Morgan fingerprint density at radius 1 is 1.36 bits per heavy atom. The SMILES string of the molecule is Cc1cc(Br)ccc1OCc1c(Cl)cccc1NC(=O)NN. The highest BCUT2D eigenvalue weighted by Crippen LogP contribution is 2.28. The van der Waals surface area contributed by atoms with Gasteiger partial charge in [-0.3, -0.25) is 5.43 Å². The van der Waals surface area contributed by atoms with Gasteiger partial charge < -0.3 is 10.1 Å². The number of hydrazine groups is 1. The highest BCUT2D eigenvalue weighted by molar-refractivity contribution is 9.10. The fourth-order valence-electron chi connectivity index (χ4n) is 1.91. The van der Waals surface area contributed by atoms with Crippen LogP contribution in [0.5, 0.6) is 5.75 Å². The van der Waals surface area contributed by atoms with Crippen LogP contribution in [0, 0.1) is 6.92 Å². The van der Waals surface area contributed by atoms with Crippen molar-refractivity contribution < 1.29 is 9.53 Å². The van der Waals surface area contributed by atoms with E-state index in [4.69, 9.17) is 22.2 Å². The van der Waals surface area contributed by atoms with Gasteiger partial charge in [-0.1, -0.05) is 33.6 Å². The maximum atomic E-state index is 11.4. The molecule has 4 N–H and O–H groups in total. The number of benzene rings is 2. The lowest BCUT2D eigenvalue weighted by Crippen LogP contribution is -2.34. The summed E-state index contributed by atoms with van der Waals surface area (Å²) in [7, 11) is 0. The minimum absolute atomic E-state index is 0.225. The van der Waals surface area contributed by atoms with E-state index < -0.39 is 6.03 Å². The van der Waals surface area contributed by atoms with E-state index in [1.54, 1.807) is 18.2 Å². The van der Waals surface area contributed by atoms with Gasteiger partial charge in [0, 0.05) is 15.1 Å². The minimum atomic E-state index is -0.525. The molecule has 7 heteroatoms. The molecule has 0 spiro atoms. The van der Waals surface area contributed by atoms with E-state index >= 15 is 0 Å². The van der Waals surface area contributed by atoms with Crippen molar-refractivity contribution >= 4 is 39.2 Å². The summed E-state index contributed by atoms with van der Waals surface area (Å²) >= 11 is 9.60. The third-order valence-corrected chi connectivity index (χ3v) is 3.85. The zero-order valence-electron chi connectivity index (χ0n) is 11.8. The van der Waals surface area contributed by atoms with Gasteiger partial charge in [-0.15, -0.1) is 0 Å². The Labute approximate surface area is 141 Å². The van der Waals surface area contributed by atoms with E-state index in [0.717, 1.165) is 15.8 Å². The number of rotatable bonds is 4. The molecule has 0 saturated carbocycles. The van der Waals surface area contributed by atoms with Crippen LogP contribution in [0.2, 0.25) is 5.02 Å². The van der Waals surface area contributed by atoms with Crippen molar-refractivity contribution in [2.45, 2.75) is 13.5 Å². The summed E-state index contributed by atoms with van der Waals surface area (Å²) in [6.45, 7) is 2.18. The Morgan fingerprint density at radius 2 is 2.14 bits per heavy atom. The second kappa shape index (κ2) is 7.49. The standard InChI is InChI=1S/C15H15BrClN3O2/c1-9-7-10(16)5-6-14(9)22-8-11-12(17)3-2-4-13(11)19-15(21)20-18/h2-7H,8,18H2,1H3,(H2,19,20,21). The van der Waals surface area contributed by atoms with Gasteiger partial charge in [-0.25, -0.2) is 10.6 Å². The maximum Gasteiger partial charge on any atom is 0.333 e. The molecular formula is C15H15BrClN3O2. The molecule has 0 aliphatic heterocycles. The molecule has 2 aromatic rings. The van der Waals surface area contributed by atoms with Crippen LogP contribution in [0.1, 0.15) is 11.1 Å². The lowest BCUT2D eigenvalue weighted by molar-refractivity contribution is 0.252. The van der Waals surface area contributed by atoms with Crippen LogP contribution in [0.25, 0.3) is 0 Å². The topological polar surface area (TPSA) is 76.4 Å². The normalized spacial score (nSPS) is 10.2. The number of urea groups is 1. The summed E-state index contributed by atoms with van der Waals surface area (Å²) in [5.74, 6) is 5.82. The molecule has 0 saturated heterocycles. The number of carbonyl (C=O) groups is 1. The van der Waals surface area contributed by atoms with Crippen LogP contribution in [-0.2, 0) is 6.61 Å². The molecule has 2 amide bonds. The van der Waals surface area contributed by atoms with E-state index in [1.807, 2.05) is 30.5 Å². The molecule has 0 atom stereocenters. The fraction of sp³-hybridized carbons (Fsp3) is 0.133. The number of ether oxygens (including phenoxy) is 1. The number of halogens is 2. The van der Waals surface area contributed by atoms with Crippen LogP contribution in [0.15, 0.2) is 40.9 Å². The number of anilines is 1. The van der Waals surface area contributed by atoms with Gasteiger partial charge in [0.1, 0.15) is 12.4 Å². The highest BCUT2D eigenvalue weighted by Gasteiger charge is 2.11. The summed E-state index contributed by atoms with van der Waals surface area (Å²) in [6.07, 6.45) is 0. The molecule has 0 unspecified atom stereocenters. The number of carbonyl (C=O) groups excluding carboxylic acids is 1. The Kier molecular flexibility index (Phi) is 5.65. The molecule has 5 nitrogen and oxygen atoms in total. The van der Waals surface area contributed by atoms with E-state index in [0.29, 0.717) is 16.3 Å². The number of nitrogens with one attached hydrogen (secondary N) is 2. The first-order chi connectivity index (χ1) is 10.5. The third-order valence-electron chi connectivity index (χ3n) is 3.01. The molecular weight excluding hydrogens is 370 g/mol. The highest BCUT2D eigenvalue weighted by atomic mass is 79.9. The number of hydrogen-bond acceptors (Lipinski definition) is 3. The van der Waals surface area contributed by atoms with Gasteiger partial charge in [0.05, 0.1) is 5.69 Å². The van der Waals surface area contributed by atoms with Crippen LogP contribution < -0.4 is 21.3 Å². The fourth-order valence-corrected chi connectivity index (χ4v) is 2.61. The van der Waals surface area contributed by atoms with Crippen molar-refractivity contribution in [2.75, 3.05) is 5.32 Å². The largest absolute Gasteiger partial charge is 0.488 e. The molecule has 2 rings (SSSR count). The van der Waals surface area contributed by atoms with Gasteiger partial charge in [-0.2, -0.15) is 0 Å². The molecule has 0 heterocycles. The lowest BCUT2D eigenvalue weighted by Gasteiger charge is -2.14. The summed E-state index contributed by atoms with van der Waals surface area (Å²) in [4.78, 5) is 11.4. The first-order valence-electron chi connectivity index (χ1n) is 6.45. The van der Waals surface area contributed by atoms with Crippen molar-refractivity contribution in [3.8, 4) is 5.75 Å². The van der Waals surface area contributed by atoms with Gasteiger partial charge in [0.15, 0.2) is 0 Å². The Hall–Kier alpha value is -1.76. The average molecular weight is 385 g/mol. The van der Waals surface area contributed by atoms with E-state index in [9.17, 15) is 4.79 Å². The molecule has 0 aromatic heterocycles. The zero-order valence-corrected chi connectivity index (χ0v) is 14.2. The van der Waals surface area contributed by atoms with Crippen molar-refractivity contribution in [1.82, 2.24) is 5.43 Å². The molecule has 0 bridgehead atoms. The zero-order chi connectivity index (χ0) is 16.1. The predicted molar refractivity (Wildman–Crippen MR) is 91.0 cm³/mol. The summed E-state index contributed by atoms with van der Waals surface area (Å²) in [6, 6.07) is 10.4. The second-order valence-corrected chi connectivity index (χ2v) is 5.89. The lowest BCUT2D eigenvalue weighted by atomic mass is 10.2. The van der Waals surface area contributed by atoms with Crippen LogP contribution >= 0.6 is 27.5 Å².